The largest absolute Gasteiger partial charge is 0.352 e. The van der Waals surface area contributed by atoms with E-state index < -0.39 is 10.0 Å². The summed E-state index contributed by atoms with van der Waals surface area (Å²) in [5.74, 6) is -0.197. The fraction of sp³-hybridized carbons (Fsp3) is 0.190. The van der Waals surface area contributed by atoms with Gasteiger partial charge in [0.1, 0.15) is 0 Å². The third-order valence-electron chi connectivity index (χ3n) is 4.29. The second kappa shape index (κ2) is 8.33. The Morgan fingerprint density at radius 1 is 0.926 bits per heavy atom. The third-order valence-corrected chi connectivity index (χ3v) is 5.74. The van der Waals surface area contributed by atoms with Crippen molar-refractivity contribution in [3.05, 3.63) is 77.9 Å². The Bertz CT molecular complexity index is 1040. The summed E-state index contributed by atoms with van der Waals surface area (Å²) < 4.78 is 27.3. The van der Waals surface area contributed by atoms with Crippen molar-refractivity contribution in [2.45, 2.75) is 24.8 Å². The van der Waals surface area contributed by atoms with E-state index in [1.165, 1.54) is 0 Å². The van der Waals surface area contributed by atoms with Gasteiger partial charge in [-0.15, -0.1) is 0 Å². The first-order valence-corrected chi connectivity index (χ1v) is 10.2. The average Bonchev–Trinajstić information content (AvgIpc) is 2.67. The summed E-state index contributed by atoms with van der Waals surface area (Å²) in [7, 11) is -3.65. The molecule has 6 heteroatoms. The molecule has 3 rings (SSSR count). The predicted octanol–water partition coefficient (Wildman–Crippen LogP) is 3.13. The van der Waals surface area contributed by atoms with E-state index in [9.17, 15) is 13.2 Å². The van der Waals surface area contributed by atoms with Crippen LogP contribution in [0.5, 0.6) is 0 Å². The Morgan fingerprint density at radius 3 is 2.37 bits per heavy atom. The number of fused-ring (bicyclic) bond motifs is 1. The molecule has 0 aliphatic heterocycles. The highest BCUT2D eigenvalue weighted by Gasteiger charge is 2.14. The van der Waals surface area contributed by atoms with Crippen LogP contribution >= 0.6 is 0 Å². The van der Waals surface area contributed by atoms with Gasteiger partial charge in [0.15, 0.2) is 0 Å². The van der Waals surface area contributed by atoms with Gasteiger partial charge in [-0.25, -0.2) is 13.1 Å². The molecular formula is C21H22N2O3S. The van der Waals surface area contributed by atoms with E-state index in [1.54, 1.807) is 18.2 Å². The number of carbonyl (C=O) groups is 1. The van der Waals surface area contributed by atoms with Crippen LogP contribution in [0.3, 0.4) is 0 Å². The highest BCUT2D eigenvalue weighted by molar-refractivity contribution is 7.89. The quantitative estimate of drug-likeness (QED) is 0.659. The third kappa shape index (κ3) is 5.15. The second-order valence-electron chi connectivity index (χ2n) is 6.42. The van der Waals surface area contributed by atoms with Gasteiger partial charge in [0.2, 0.25) is 15.9 Å². The molecule has 0 heterocycles. The van der Waals surface area contributed by atoms with Crippen molar-refractivity contribution in [3.63, 3.8) is 0 Å². The van der Waals surface area contributed by atoms with Gasteiger partial charge in [-0.05, 0) is 35.4 Å². The van der Waals surface area contributed by atoms with Crippen LogP contribution in [0.15, 0.2) is 71.6 Å². The van der Waals surface area contributed by atoms with E-state index in [-0.39, 0.29) is 23.8 Å². The number of rotatable bonds is 7. The summed E-state index contributed by atoms with van der Waals surface area (Å²) in [5, 5.41) is 4.63. The normalized spacial score (nSPS) is 11.4. The summed E-state index contributed by atoms with van der Waals surface area (Å²) >= 11 is 0. The predicted molar refractivity (Wildman–Crippen MR) is 107 cm³/mol. The number of nitrogens with one attached hydrogen (secondary N) is 2. The topological polar surface area (TPSA) is 75.3 Å². The molecular weight excluding hydrogens is 360 g/mol. The number of hydrogen-bond acceptors (Lipinski definition) is 3. The summed E-state index contributed by atoms with van der Waals surface area (Å²) in [4.78, 5) is 12.1. The van der Waals surface area contributed by atoms with E-state index >= 15 is 0 Å². The minimum atomic E-state index is -3.65. The monoisotopic (exact) mass is 382 g/mol. The number of sulfonamides is 1. The molecule has 5 nitrogen and oxygen atoms in total. The molecule has 3 aromatic rings. The van der Waals surface area contributed by atoms with E-state index in [2.05, 4.69) is 10.0 Å². The zero-order valence-corrected chi connectivity index (χ0v) is 15.9. The molecule has 0 atom stereocenters. The lowest BCUT2D eigenvalue weighted by Crippen LogP contribution is -2.30. The lowest BCUT2D eigenvalue weighted by Gasteiger charge is -2.09. The first-order chi connectivity index (χ1) is 12.9. The Morgan fingerprint density at radius 2 is 1.63 bits per heavy atom. The molecule has 0 saturated heterocycles. The van der Waals surface area contributed by atoms with Gasteiger partial charge in [-0.3, -0.25) is 4.79 Å². The number of aryl methyl sites for hydroxylation is 1. The van der Waals surface area contributed by atoms with Crippen LogP contribution < -0.4 is 10.0 Å². The van der Waals surface area contributed by atoms with Crippen LogP contribution in [0, 0.1) is 6.92 Å². The molecule has 0 aromatic heterocycles. The maximum Gasteiger partial charge on any atom is 0.240 e. The molecule has 0 spiro atoms. The van der Waals surface area contributed by atoms with Crippen LogP contribution in [0.1, 0.15) is 17.5 Å². The van der Waals surface area contributed by atoms with Crippen molar-refractivity contribution >= 4 is 26.7 Å². The smallest absolute Gasteiger partial charge is 0.240 e. The molecule has 140 valence electrons. The molecule has 1 amide bonds. The van der Waals surface area contributed by atoms with Crippen LogP contribution in [0.2, 0.25) is 0 Å². The molecule has 0 aliphatic rings. The van der Waals surface area contributed by atoms with Gasteiger partial charge in [0, 0.05) is 19.5 Å². The first kappa shape index (κ1) is 19.1. The molecule has 0 radical (unpaired) electrons. The minimum Gasteiger partial charge on any atom is -0.352 e. The van der Waals surface area contributed by atoms with Crippen LogP contribution in [0.25, 0.3) is 10.8 Å². The molecule has 3 aromatic carbocycles. The van der Waals surface area contributed by atoms with Gasteiger partial charge in [0.25, 0.3) is 0 Å². The number of hydrogen-bond donors (Lipinski definition) is 2. The maximum atomic E-state index is 12.4. The Kier molecular flexibility index (Phi) is 5.88. The van der Waals surface area contributed by atoms with Crippen molar-refractivity contribution in [1.82, 2.24) is 10.0 Å². The Balaban J connectivity index is 1.52. The van der Waals surface area contributed by atoms with Crippen molar-refractivity contribution in [2.24, 2.45) is 0 Å². The molecule has 0 unspecified atom stereocenters. The lowest BCUT2D eigenvalue weighted by molar-refractivity contribution is -0.121. The second-order valence-corrected chi connectivity index (χ2v) is 8.19. The van der Waals surface area contributed by atoms with E-state index in [0.29, 0.717) is 6.54 Å². The van der Waals surface area contributed by atoms with E-state index in [1.807, 2.05) is 55.5 Å². The van der Waals surface area contributed by atoms with Gasteiger partial charge in [-0.2, -0.15) is 0 Å². The first-order valence-electron chi connectivity index (χ1n) is 8.75. The molecule has 27 heavy (non-hydrogen) atoms. The summed E-state index contributed by atoms with van der Waals surface area (Å²) in [6, 6.07) is 20.4. The highest BCUT2D eigenvalue weighted by atomic mass is 32.2. The molecule has 0 fully saturated rings. The van der Waals surface area contributed by atoms with Gasteiger partial charge in [-0.1, -0.05) is 60.2 Å². The minimum absolute atomic E-state index is 0.0505. The van der Waals surface area contributed by atoms with Crippen molar-refractivity contribution in [2.75, 3.05) is 6.54 Å². The van der Waals surface area contributed by atoms with Gasteiger partial charge in [0.05, 0.1) is 4.90 Å². The van der Waals surface area contributed by atoms with Crippen molar-refractivity contribution in [3.8, 4) is 0 Å². The van der Waals surface area contributed by atoms with Crippen molar-refractivity contribution in [1.29, 1.82) is 0 Å². The van der Waals surface area contributed by atoms with E-state index in [4.69, 9.17) is 0 Å². The Labute approximate surface area is 159 Å². The number of carbonyl (C=O) groups excluding carboxylic acids is 1. The SMILES string of the molecule is Cc1ccc(CNC(=O)CCNS(=O)(=O)c2ccc3ccccc3c2)cc1. The fourth-order valence-corrected chi connectivity index (χ4v) is 3.78. The molecule has 0 aliphatic carbocycles. The van der Waals surface area contributed by atoms with E-state index in [0.717, 1.165) is 21.9 Å². The van der Waals surface area contributed by atoms with Gasteiger partial charge < -0.3 is 5.32 Å². The zero-order valence-electron chi connectivity index (χ0n) is 15.1. The molecule has 0 bridgehead atoms. The summed E-state index contributed by atoms with van der Waals surface area (Å²) in [5.41, 5.74) is 2.17. The van der Waals surface area contributed by atoms with Crippen LogP contribution in [-0.4, -0.2) is 20.9 Å². The molecule has 0 saturated carbocycles. The van der Waals surface area contributed by atoms with Crippen LogP contribution in [-0.2, 0) is 21.4 Å². The zero-order chi connectivity index (χ0) is 19.3. The van der Waals surface area contributed by atoms with Crippen molar-refractivity contribution < 1.29 is 13.2 Å². The highest BCUT2D eigenvalue weighted by Crippen LogP contribution is 2.18. The fourth-order valence-electron chi connectivity index (χ4n) is 2.71. The summed E-state index contributed by atoms with van der Waals surface area (Å²) in [6.45, 7) is 2.48. The standard InChI is InChI=1S/C21H22N2O3S/c1-16-6-8-17(9-7-16)15-22-21(24)12-13-23-27(25,26)20-11-10-18-4-2-3-5-19(18)14-20/h2-11,14,23H,12-13,15H2,1H3,(H,22,24). The lowest BCUT2D eigenvalue weighted by atomic mass is 10.1. The number of amides is 1. The molecule has 2 N–H and O–H groups in total. The number of benzene rings is 3. The van der Waals surface area contributed by atoms with Crippen LogP contribution in [0.4, 0.5) is 0 Å². The van der Waals surface area contributed by atoms with Gasteiger partial charge >= 0.3 is 0 Å². The average molecular weight is 382 g/mol. The maximum absolute atomic E-state index is 12.4. The Hall–Kier alpha value is -2.70. The summed E-state index contributed by atoms with van der Waals surface area (Å²) in [6.07, 6.45) is 0.0820.